The van der Waals surface area contributed by atoms with Gasteiger partial charge in [0.15, 0.2) is 5.78 Å². The van der Waals surface area contributed by atoms with E-state index in [1.807, 2.05) is 25.1 Å². The molecule has 0 aromatic heterocycles. The molecule has 0 unspecified atom stereocenters. The van der Waals surface area contributed by atoms with E-state index in [2.05, 4.69) is 15.9 Å². The summed E-state index contributed by atoms with van der Waals surface area (Å²) in [5.74, 6) is 0.574. The van der Waals surface area contributed by atoms with Gasteiger partial charge in [0.05, 0.1) is 16.7 Å². The van der Waals surface area contributed by atoms with Crippen LogP contribution in [0.3, 0.4) is 0 Å². The monoisotopic (exact) mass is 398 g/mol. The Hall–Kier alpha value is -1.29. The van der Waals surface area contributed by atoms with Crippen molar-refractivity contribution in [2.45, 2.75) is 6.92 Å². The highest BCUT2D eigenvalue weighted by Crippen LogP contribution is 2.26. The first kappa shape index (κ1) is 17.1. The van der Waals surface area contributed by atoms with Gasteiger partial charge in [0.1, 0.15) is 5.75 Å². The Morgan fingerprint density at radius 2 is 1.95 bits per heavy atom. The largest absolute Gasteiger partial charge is 0.493 e. The van der Waals surface area contributed by atoms with Gasteiger partial charge >= 0.3 is 0 Å². The van der Waals surface area contributed by atoms with Crippen LogP contribution in [0.2, 0.25) is 10.0 Å². The van der Waals surface area contributed by atoms with E-state index in [-0.39, 0.29) is 5.78 Å². The normalized spacial score (nSPS) is 10.9. The number of hydrogen-bond acceptors (Lipinski definition) is 2. The van der Waals surface area contributed by atoms with E-state index < -0.39 is 0 Å². The molecule has 0 spiro atoms. The second kappa shape index (κ2) is 7.82. The highest BCUT2D eigenvalue weighted by Gasteiger charge is 2.06. The van der Waals surface area contributed by atoms with Gasteiger partial charge in [-0.3, -0.25) is 4.79 Å². The van der Waals surface area contributed by atoms with Crippen molar-refractivity contribution in [2.75, 3.05) is 6.61 Å². The fraction of sp³-hybridized carbons (Fsp3) is 0.118. The van der Waals surface area contributed by atoms with Crippen molar-refractivity contribution in [3.05, 3.63) is 68.1 Å². The number of rotatable bonds is 5. The third kappa shape index (κ3) is 4.35. The van der Waals surface area contributed by atoms with Crippen LogP contribution in [0.25, 0.3) is 6.08 Å². The first-order chi connectivity index (χ1) is 10.5. The average Bonchev–Trinajstić information content (AvgIpc) is 2.50. The number of halogens is 3. The van der Waals surface area contributed by atoms with Crippen LogP contribution in [-0.4, -0.2) is 12.4 Å². The van der Waals surface area contributed by atoms with Crippen LogP contribution in [0.4, 0.5) is 0 Å². The molecule has 0 N–H and O–H groups in total. The summed E-state index contributed by atoms with van der Waals surface area (Å²) in [5, 5.41) is 0.784. The smallest absolute Gasteiger partial charge is 0.185 e. The van der Waals surface area contributed by atoms with Gasteiger partial charge in [0, 0.05) is 15.6 Å². The molecule has 2 nitrogen and oxygen atoms in total. The predicted molar refractivity (Wildman–Crippen MR) is 95.1 cm³/mol. The minimum Gasteiger partial charge on any atom is -0.493 e. The van der Waals surface area contributed by atoms with Crippen LogP contribution < -0.4 is 4.74 Å². The molecule has 0 aliphatic carbocycles. The van der Waals surface area contributed by atoms with Gasteiger partial charge in [-0.1, -0.05) is 39.1 Å². The minimum atomic E-state index is -0.152. The quantitative estimate of drug-likeness (QED) is 0.451. The number of ketones is 1. The van der Waals surface area contributed by atoms with Crippen molar-refractivity contribution >= 4 is 51.0 Å². The third-order valence-corrected chi connectivity index (χ3v) is 4.12. The molecule has 0 atom stereocenters. The predicted octanol–water partition coefficient (Wildman–Crippen LogP) is 6.05. The molecule has 2 aromatic rings. The maximum absolute atomic E-state index is 12.2. The Labute approximate surface area is 147 Å². The van der Waals surface area contributed by atoms with Gasteiger partial charge in [-0.25, -0.2) is 0 Å². The Morgan fingerprint density at radius 1 is 1.18 bits per heavy atom. The zero-order chi connectivity index (χ0) is 16.1. The van der Waals surface area contributed by atoms with E-state index in [0.29, 0.717) is 22.2 Å². The zero-order valence-corrected chi connectivity index (χ0v) is 14.9. The van der Waals surface area contributed by atoms with E-state index in [9.17, 15) is 4.79 Å². The van der Waals surface area contributed by atoms with Crippen molar-refractivity contribution in [3.8, 4) is 5.75 Å². The Balaban J connectivity index is 2.25. The lowest BCUT2D eigenvalue weighted by molar-refractivity contribution is 0.104. The fourth-order valence-corrected chi connectivity index (χ4v) is 2.52. The van der Waals surface area contributed by atoms with Crippen molar-refractivity contribution in [2.24, 2.45) is 0 Å². The second-order valence-corrected chi connectivity index (χ2v) is 6.17. The summed E-state index contributed by atoms with van der Waals surface area (Å²) in [5.41, 5.74) is 1.31. The summed E-state index contributed by atoms with van der Waals surface area (Å²) in [6, 6.07) is 10.4. The first-order valence-electron chi connectivity index (χ1n) is 6.61. The molecule has 0 aliphatic heterocycles. The number of carbonyl (C=O) groups excluding carboxylic acids is 1. The maximum Gasteiger partial charge on any atom is 0.185 e. The van der Waals surface area contributed by atoms with E-state index in [0.717, 1.165) is 15.8 Å². The molecule has 0 heterocycles. The topological polar surface area (TPSA) is 26.3 Å². The van der Waals surface area contributed by atoms with E-state index >= 15 is 0 Å². The van der Waals surface area contributed by atoms with Crippen molar-refractivity contribution < 1.29 is 9.53 Å². The van der Waals surface area contributed by atoms with E-state index in [1.54, 1.807) is 24.3 Å². The van der Waals surface area contributed by atoms with Crippen LogP contribution in [-0.2, 0) is 0 Å². The molecule has 0 radical (unpaired) electrons. The van der Waals surface area contributed by atoms with Crippen molar-refractivity contribution in [1.29, 1.82) is 0 Å². The number of benzene rings is 2. The van der Waals surface area contributed by atoms with Gasteiger partial charge in [-0.2, -0.15) is 0 Å². The van der Waals surface area contributed by atoms with Crippen LogP contribution in [0.15, 0.2) is 46.9 Å². The fourth-order valence-electron chi connectivity index (χ4n) is 1.85. The lowest BCUT2D eigenvalue weighted by Crippen LogP contribution is -1.96. The number of hydrogen-bond donors (Lipinski definition) is 0. The summed E-state index contributed by atoms with van der Waals surface area (Å²) in [7, 11) is 0. The van der Waals surface area contributed by atoms with E-state index in [4.69, 9.17) is 27.9 Å². The Morgan fingerprint density at radius 3 is 2.64 bits per heavy atom. The Bertz CT molecular complexity index is 727. The zero-order valence-electron chi connectivity index (χ0n) is 11.8. The van der Waals surface area contributed by atoms with Crippen molar-refractivity contribution in [3.63, 3.8) is 0 Å². The summed E-state index contributed by atoms with van der Waals surface area (Å²) in [6.07, 6.45) is 3.21. The van der Waals surface area contributed by atoms with Gasteiger partial charge in [-0.05, 0) is 55.5 Å². The summed E-state index contributed by atoms with van der Waals surface area (Å²) < 4.78 is 6.46. The molecule has 114 valence electrons. The van der Waals surface area contributed by atoms with Crippen LogP contribution >= 0.6 is 39.1 Å². The van der Waals surface area contributed by atoms with Gasteiger partial charge in [0.2, 0.25) is 0 Å². The molecule has 0 saturated carbocycles. The van der Waals surface area contributed by atoms with E-state index in [1.165, 1.54) is 6.08 Å². The molecular weight excluding hydrogens is 387 g/mol. The lowest BCUT2D eigenvalue weighted by atomic mass is 10.1. The summed E-state index contributed by atoms with van der Waals surface area (Å²) in [6.45, 7) is 2.47. The van der Waals surface area contributed by atoms with Gasteiger partial charge < -0.3 is 4.74 Å². The third-order valence-electron chi connectivity index (χ3n) is 2.89. The molecule has 22 heavy (non-hydrogen) atoms. The molecule has 0 aliphatic rings. The van der Waals surface area contributed by atoms with Crippen LogP contribution in [0.1, 0.15) is 22.8 Å². The minimum absolute atomic E-state index is 0.152. The first-order valence-corrected chi connectivity index (χ1v) is 8.16. The standard InChI is InChI=1S/C17H13BrCl2O2/c1-2-22-17-8-5-13(18)9-12(17)4-7-16(21)11-3-6-14(19)15(20)10-11/h3-10H,2H2,1H3/b7-4+. The molecule has 0 fully saturated rings. The maximum atomic E-state index is 12.2. The molecule has 0 bridgehead atoms. The molecule has 0 saturated heterocycles. The molecule has 0 amide bonds. The van der Waals surface area contributed by atoms with Crippen molar-refractivity contribution in [1.82, 2.24) is 0 Å². The molecule has 5 heteroatoms. The van der Waals surface area contributed by atoms with Gasteiger partial charge in [0.25, 0.3) is 0 Å². The lowest BCUT2D eigenvalue weighted by Gasteiger charge is -2.07. The molecular formula is C17H13BrCl2O2. The SMILES string of the molecule is CCOc1ccc(Br)cc1/C=C/C(=O)c1ccc(Cl)c(Cl)c1. The Kier molecular flexibility index (Phi) is 6.07. The number of carbonyl (C=O) groups is 1. The van der Waals surface area contributed by atoms with Crippen LogP contribution in [0, 0.1) is 0 Å². The second-order valence-electron chi connectivity index (χ2n) is 4.44. The number of ether oxygens (including phenoxy) is 1. The molecule has 2 rings (SSSR count). The highest BCUT2D eigenvalue weighted by molar-refractivity contribution is 9.10. The summed E-state index contributed by atoms with van der Waals surface area (Å²) >= 11 is 15.2. The highest BCUT2D eigenvalue weighted by atomic mass is 79.9. The molecule has 2 aromatic carbocycles. The average molecular weight is 400 g/mol. The number of allylic oxidation sites excluding steroid dienone is 1. The summed E-state index contributed by atoms with van der Waals surface area (Å²) in [4.78, 5) is 12.2. The van der Waals surface area contributed by atoms with Crippen LogP contribution in [0.5, 0.6) is 5.75 Å². The van der Waals surface area contributed by atoms with Gasteiger partial charge in [-0.15, -0.1) is 0 Å².